The van der Waals surface area contributed by atoms with Crippen molar-refractivity contribution in [3.63, 3.8) is 0 Å². The van der Waals surface area contributed by atoms with Crippen molar-refractivity contribution in [3.8, 4) is 16.8 Å². The Morgan fingerprint density at radius 2 is 1.49 bits per heavy atom. The monoisotopic (exact) mass is 523 g/mol. The highest BCUT2D eigenvalue weighted by Gasteiger charge is 2.26. The van der Waals surface area contributed by atoms with Crippen LogP contribution in [-0.2, 0) is 6.42 Å². The Morgan fingerprint density at radius 1 is 0.610 bits per heavy atom. The Balaban J connectivity index is 1.31. The molecule has 0 amide bonds. The molecule has 5 nitrogen and oxygen atoms in total. The first kappa shape index (κ1) is 21.3. The van der Waals surface area contributed by atoms with Gasteiger partial charge in [0.1, 0.15) is 5.65 Å². The lowest BCUT2D eigenvalue weighted by atomic mass is 9.98. The number of rotatable bonds is 1. The maximum Gasteiger partial charge on any atom is 0.178 e. The molecule has 5 aromatic heterocycles. The number of fused-ring (bicyclic) bond motifs is 15. The summed E-state index contributed by atoms with van der Waals surface area (Å²) in [5.41, 5.74) is 12.8. The molecule has 0 atom stereocenters. The fourth-order valence-corrected chi connectivity index (χ4v) is 7.19. The maximum absolute atomic E-state index is 5.02. The summed E-state index contributed by atoms with van der Waals surface area (Å²) in [7, 11) is 0. The van der Waals surface area contributed by atoms with Crippen LogP contribution in [0.5, 0.6) is 0 Å². The molecule has 4 aromatic carbocycles. The van der Waals surface area contributed by atoms with E-state index in [1.165, 1.54) is 60.5 Å². The largest absolute Gasteiger partial charge is 0.309 e. The van der Waals surface area contributed by atoms with Crippen LogP contribution in [-0.4, -0.2) is 23.9 Å². The lowest BCUT2D eigenvalue weighted by Gasteiger charge is -2.11. The van der Waals surface area contributed by atoms with Gasteiger partial charge < -0.3 is 4.57 Å². The van der Waals surface area contributed by atoms with Crippen LogP contribution >= 0.6 is 0 Å². The number of aromatic nitrogens is 5. The summed E-state index contributed by atoms with van der Waals surface area (Å²) in [4.78, 5) is 14.1. The summed E-state index contributed by atoms with van der Waals surface area (Å²) in [6, 6.07) is 35.0. The van der Waals surface area contributed by atoms with Gasteiger partial charge in [0.25, 0.3) is 0 Å². The molecule has 5 heterocycles. The fraction of sp³-hybridized carbons (Fsp3) is 0.0278. The first-order chi connectivity index (χ1) is 20.3. The second kappa shape index (κ2) is 7.55. The van der Waals surface area contributed by atoms with Crippen LogP contribution in [0, 0.1) is 0 Å². The van der Waals surface area contributed by atoms with Crippen molar-refractivity contribution in [2.24, 2.45) is 0 Å². The molecule has 10 rings (SSSR count). The van der Waals surface area contributed by atoms with Crippen molar-refractivity contribution in [1.29, 1.82) is 0 Å². The van der Waals surface area contributed by atoms with E-state index < -0.39 is 0 Å². The number of benzene rings is 4. The Kier molecular flexibility index (Phi) is 3.92. The summed E-state index contributed by atoms with van der Waals surface area (Å²) >= 11 is 0. The Bertz CT molecular complexity index is 2550. The number of pyridine rings is 3. The molecule has 1 aliphatic rings. The van der Waals surface area contributed by atoms with Crippen molar-refractivity contribution in [1.82, 2.24) is 23.9 Å². The van der Waals surface area contributed by atoms with E-state index in [0.717, 1.165) is 34.1 Å². The molecule has 0 radical (unpaired) electrons. The van der Waals surface area contributed by atoms with E-state index in [9.17, 15) is 0 Å². The molecule has 0 unspecified atom stereocenters. The van der Waals surface area contributed by atoms with Crippen molar-refractivity contribution in [3.05, 3.63) is 127 Å². The minimum atomic E-state index is 0.754. The standard InChI is InChI=1S/C36H21N5/c1-2-7-22(8-3-1)40-30-10-5-4-9-25(30)34-28-17-21-18-29-27(19-26(21)23(28)12-13-31(34)40)24-14-16-37-20-33(24)41-32-11-6-15-38-35(32)39-36(29)41/h1-16,18-20H,17H2. The zero-order valence-corrected chi connectivity index (χ0v) is 21.9. The predicted octanol–water partition coefficient (Wildman–Crippen LogP) is 8.25. The lowest BCUT2D eigenvalue weighted by molar-refractivity contribution is 1.18. The van der Waals surface area contributed by atoms with Crippen LogP contribution in [0.2, 0.25) is 0 Å². The minimum absolute atomic E-state index is 0.754. The van der Waals surface area contributed by atoms with Gasteiger partial charge in [0, 0.05) is 39.6 Å². The highest BCUT2D eigenvalue weighted by molar-refractivity contribution is 6.17. The molecule has 0 aliphatic heterocycles. The number of para-hydroxylation sites is 2. The van der Waals surface area contributed by atoms with Gasteiger partial charge in [-0.1, -0.05) is 42.5 Å². The molecule has 1 aliphatic carbocycles. The van der Waals surface area contributed by atoms with Crippen LogP contribution in [0.25, 0.3) is 77.1 Å². The minimum Gasteiger partial charge on any atom is -0.309 e. The van der Waals surface area contributed by atoms with Crippen LogP contribution in [0.15, 0.2) is 116 Å². The highest BCUT2D eigenvalue weighted by atomic mass is 15.1. The van der Waals surface area contributed by atoms with E-state index in [1.54, 1.807) is 0 Å². The van der Waals surface area contributed by atoms with Crippen molar-refractivity contribution in [2.45, 2.75) is 6.42 Å². The van der Waals surface area contributed by atoms with E-state index in [-0.39, 0.29) is 0 Å². The molecule has 0 N–H and O–H groups in total. The summed E-state index contributed by atoms with van der Waals surface area (Å²) in [6.45, 7) is 0. The molecule has 41 heavy (non-hydrogen) atoms. The predicted molar refractivity (Wildman–Crippen MR) is 166 cm³/mol. The zero-order chi connectivity index (χ0) is 26.7. The molecular formula is C36H21N5. The summed E-state index contributed by atoms with van der Waals surface area (Å²) < 4.78 is 4.62. The molecular weight excluding hydrogens is 502 g/mol. The van der Waals surface area contributed by atoms with Gasteiger partial charge in [0.2, 0.25) is 0 Å². The average molecular weight is 524 g/mol. The normalized spacial score (nSPS) is 12.8. The maximum atomic E-state index is 5.02. The quantitative estimate of drug-likeness (QED) is 0.204. The SMILES string of the molecule is c1ccc(-n2c3ccccc3c3c4c(ccc32)-c2cc3c5ccncc5n5c6cccnc6nc5c3cc2C4)cc1. The molecule has 0 spiro atoms. The molecule has 5 heteroatoms. The summed E-state index contributed by atoms with van der Waals surface area (Å²) in [5.74, 6) is 0. The average Bonchev–Trinajstić information content (AvgIpc) is 3.70. The van der Waals surface area contributed by atoms with Gasteiger partial charge in [-0.3, -0.25) is 9.38 Å². The molecule has 9 aromatic rings. The first-order valence-corrected chi connectivity index (χ1v) is 13.9. The second-order valence-electron chi connectivity index (χ2n) is 10.9. The Morgan fingerprint density at radius 3 is 2.44 bits per heavy atom. The van der Waals surface area contributed by atoms with E-state index in [4.69, 9.17) is 4.98 Å². The molecule has 0 bridgehead atoms. The summed E-state index contributed by atoms with van der Waals surface area (Å²) in [5, 5.41) is 6.16. The number of hydrogen-bond donors (Lipinski definition) is 0. The van der Waals surface area contributed by atoms with Crippen molar-refractivity contribution < 1.29 is 0 Å². The second-order valence-corrected chi connectivity index (χ2v) is 10.9. The third kappa shape index (κ3) is 2.68. The van der Waals surface area contributed by atoms with E-state index in [2.05, 4.69) is 110 Å². The number of imidazole rings is 1. The Labute approximate surface area is 234 Å². The molecule has 0 saturated carbocycles. The fourth-order valence-electron chi connectivity index (χ4n) is 7.19. The topological polar surface area (TPSA) is 48.0 Å². The number of hydrogen-bond acceptors (Lipinski definition) is 3. The van der Waals surface area contributed by atoms with Gasteiger partial charge in [0.05, 0.1) is 28.3 Å². The highest BCUT2D eigenvalue weighted by Crippen LogP contribution is 2.46. The molecule has 0 saturated heterocycles. The van der Waals surface area contributed by atoms with Gasteiger partial charge in [0.15, 0.2) is 5.65 Å². The molecule has 0 fully saturated rings. The van der Waals surface area contributed by atoms with E-state index in [0.29, 0.717) is 0 Å². The van der Waals surface area contributed by atoms with Crippen molar-refractivity contribution >= 4 is 60.3 Å². The van der Waals surface area contributed by atoms with Crippen LogP contribution in [0.1, 0.15) is 11.1 Å². The molecule has 190 valence electrons. The zero-order valence-electron chi connectivity index (χ0n) is 21.9. The third-order valence-corrected chi connectivity index (χ3v) is 8.86. The van der Waals surface area contributed by atoms with Gasteiger partial charge in [-0.25, -0.2) is 9.97 Å². The van der Waals surface area contributed by atoms with Crippen LogP contribution in [0.4, 0.5) is 0 Å². The van der Waals surface area contributed by atoms with E-state index in [1.807, 2.05) is 24.7 Å². The van der Waals surface area contributed by atoms with Gasteiger partial charge in [-0.2, -0.15) is 0 Å². The lowest BCUT2D eigenvalue weighted by Crippen LogP contribution is -1.93. The Hall–Kier alpha value is -5.55. The van der Waals surface area contributed by atoms with Crippen molar-refractivity contribution in [2.75, 3.05) is 0 Å². The number of nitrogens with zero attached hydrogens (tertiary/aromatic N) is 5. The smallest absolute Gasteiger partial charge is 0.178 e. The van der Waals surface area contributed by atoms with Crippen LogP contribution < -0.4 is 0 Å². The van der Waals surface area contributed by atoms with Gasteiger partial charge in [-0.15, -0.1) is 0 Å². The summed E-state index contributed by atoms with van der Waals surface area (Å²) in [6.07, 6.45) is 6.52. The van der Waals surface area contributed by atoms with Gasteiger partial charge in [-0.05, 0) is 88.7 Å². The van der Waals surface area contributed by atoms with E-state index >= 15 is 0 Å². The third-order valence-electron chi connectivity index (χ3n) is 8.86. The van der Waals surface area contributed by atoms with Gasteiger partial charge >= 0.3 is 0 Å². The first-order valence-electron chi connectivity index (χ1n) is 13.9. The van der Waals surface area contributed by atoms with Crippen LogP contribution in [0.3, 0.4) is 0 Å².